The van der Waals surface area contributed by atoms with Crippen LogP contribution < -0.4 is 0 Å². The predicted octanol–water partition coefficient (Wildman–Crippen LogP) is 2.31. The molecule has 0 amide bonds. The van der Waals surface area contributed by atoms with Gasteiger partial charge in [-0.05, 0) is 31.1 Å². The maximum absolute atomic E-state index is 12.0. The molecule has 5 heteroatoms. The molecule has 3 nitrogen and oxygen atoms in total. The van der Waals surface area contributed by atoms with Gasteiger partial charge >= 0.3 is 0 Å². The van der Waals surface area contributed by atoms with Crippen LogP contribution in [0.15, 0.2) is 0 Å². The van der Waals surface area contributed by atoms with Gasteiger partial charge in [-0.3, -0.25) is 0 Å². The third-order valence-corrected chi connectivity index (χ3v) is 5.36. The van der Waals surface area contributed by atoms with E-state index >= 15 is 0 Å². The molecule has 0 radical (unpaired) electrons. The number of nitrogens with zero attached hydrogens (tertiary/aromatic N) is 1. The molecule has 0 aromatic carbocycles. The Morgan fingerprint density at radius 1 is 1.44 bits per heavy atom. The Balaban J connectivity index is 2.59. The summed E-state index contributed by atoms with van der Waals surface area (Å²) >= 11 is 5.71. The van der Waals surface area contributed by atoms with E-state index < -0.39 is 10.0 Å². The number of alkyl halides is 1. The monoisotopic (exact) mass is 267 g/mol. The van der Waals surface area contributed by atoms with Crippen LogP contribution in [0.2, 0.25) is 0 Å². The molecule has 1 atom stereocenters. The molecule has 1 aliphatic rings. The highest BCUT2D eigenvalue weighted by Crippen LogP contribution is 2.23. The minimum absolute atomic E-state index is 0.193. The van der Waals surface area contributed by atoms with Crippen LogP contribution in [0.1, 0.15) is 33.1 Å². The first-order chi connectivity index (χ1) is 7.45. The van der Waals surface area contributed by atoms with Gasteiger partial charge in [0.05, 0.1) is 5.75 Å². The second kappa shape index (κ2) is 6.22. The Morgan fingerprint density at radius 3 is 2.69 bits per heavy atom. The zero-order chi connectivity index (χ0) is 12.2. The van der Waals surface area contributed by atoms with Crippen LogP contribution in [-0.4, -0.2) is 37.4 Å². The van der Waals surface area contributed by atoms with Crippen molar-refractivity contribution in [3.05, 3.63) is 0 Å². The zero-order valence-corrected chi connectivity index (χ0v) is 11.7. The van der Waals surface area contributed by atoms with Crippen LogP contribution in [0.25, 0.3) is 0 Å². The highest BCUT2D eigenvalue weighted by atomic mass is 35.5. The van der Waals surface area contributed by atoms with Gasteiger partial charge in [0.25, 0.3) is 0 Å². The van der Waals surface area contributed by atoms with Crippen LogP contribution in [0, 0.1) is 11.8 Å². The molecule has 1 unspecified atom stereocenters. The number of sulfonamides is 1. The summed E-state index contributed by atoms with van der Waals surface area (Å²) in [5, 5.41) is 0. The van der Waals surface area contributed by atoms with Crippen molar-refractivity contribution in [1.82, 2.24) is 4.31 Å². The quantitative estimate of drug-likeness (QED) is 0.717. The molecular formula is C11H22ClNO2S. The van der Waals surface area contributed by atoms with Gasteiger partial charge in [0, 0.05) is 19.0 Å². The van der Waals surface area contributed by atoms with Crippen molar-refractivity contribution < 1.29 is 8.42 Å². The molecule has 96 valence electrons. The molecular weight excluding hydrogens is 246 g/mol. The van der Waals surface area contributed by atoms with Crippen molar-refractivity contribution in [2.45, 2.75) is 33.1 Å². The number of rotatable bonds is 5. The lowest BCUT2D eigenvalue weighted by molar-refractivity contribution is 0.261. The Labute approximate surface area is 104 Å². The molecule has 16 heavy (non-hydrogen) atoms. The third-order valence-electron chi connectivity index (χ3n) is 2.94. The number of hydrogen-bond donors (Lipinski definition) is 0. The molecule has 0 bridgehead atoms. The maximum Gasteiger partial charge on any atom is 0.214 e. The van der Waals surface area contributed by atoms with Crippen molar-refractivity contribution >= 4 is 21.6 Å². The molecule has 0 N–H and O–H groups in total. The van der Waals surface area contributed by atoms with Gasteiger partial charge < -0.3 is 0 Å². The van der Waals surface area contributed by atoms with Crippen LogP contribution in [0.4, 0.5) is 0 Å². The van der Waals surface area contributed by atoms with E-state index in [1.54, 1.807) is 4.31 Å². The van der Waals surface area contributed by atoms with Crippen LogP contribution in [-0.2, 0) is 10.0 Å². The molecule has 1 aliphatic heterocycles. The fourth-order valence-electron chi connectivity index (χ4n) is 2.20. The molecule has 0 spiro atoms. The summed E-state index contributed by atoms with van der Waals surface area (Å²) in [6, 6.07) is 0. The fraction of sp³-hybridized carbons (Fsp3) is 1.00. The van der Waals surface area contributed by atoms with Gasteiger partial charge in [-0.1, -0.05) is 13.8 Å². The van der Waals surface area contributed by atoms with Crippen molar-refractivity contribution in [3.8, 4) is 0 Å². The van der Waals surface area contributed by atoms with E-state index in [4.69, 9.17) is 11.6 Å². The number of hydrogen-bond acceptors (Lipinski definition) is 2. The highest BCUT2D eigenvalue weighted by molar-refractivity contribution is 7.89. The Hall–Kier alpha value is 0.200. The molecule has 1 rings (SSSR count). The SMILES string of the molecule is CC(C)CS(=O)(=O)N1CCCC(CCCl)C1. The summed E-state index contributed by atoms with van der Waals surface area (Å²) in [7, 11) is -3.04. The minimum atomic E-state index is -3.04. The van der Waals surface area contributed by atoms with E-state index in [1.165, 1.54) is 0 Å². The molecule has 0 aromatic rings. The van der Waals surface area contributed by atoms with Crippen LogP contribution in [0.3, 0.4) is 0 Å². The molecule has 0 saturated carbocycles. The second-order valence-electron chi connectivity index (χ2n) is 5.02. The van der Waals surface area contributed by atoms with E-state index in [0.717, 1.165) is 19.3 Å². The average Bonchev–Trinajstić information content (AvgIpc) is 2.16. The molecule has 1 heterocycles. The second-order valence-corrected chi connectivity index (χ2v) is 7.41. The number of piperidine rings is 1. The first-order valence-corrected chi connectivity index (χ1v) is 8.14. The van der Waals surface area contributed by atoms with Crippen LogP contribution in [0.5, 0.6) is 0 Å². The summed E-state index contributed by atoms with van der Waals surface area (Å²) in [6.45, 7) is 5.24. The lowest BCUT2D eigenvalue weighted by Crippen LogP contribution is -2.41. The Kier molecular flexibility index (Phi) is 5.54. The van der Waals surface area contributed by atoms with Crippen LogP contribution >= 0.6 is 11.6 Å². The first kappa shape index (κ1) is 14.3. The maximum atomic E-state index is 12.0. The normalized spacial score (nSPS) is 23.9. The third kappa shape index (κ3) is 4.22. The fourth-order valence-corrected chi connectivity index (χ4v) is 4.40. The smallest absolute Gasteiger partial charge is 0.212 e. The molecule has 0 aromatic heterocycles. The Bertz CT molecular complexity index is 301. The van der Waals surface area contributed by atoms with Crippen molar-refractivity contribution in [2.24, 2.45) is 11.8 Å². The summed E-state index contributed by atoms with van der Waals surface area (Å²) in [5.74, 6) is 1.54. The van der Waals surface area contributed by atoms with Crippen molar-refractivity contribution in [1.29, 1.82) is 0 Å². The number of halogens is 1. The van der Waals surface area contributed by atoms with Gasteiger partial charge in [-0.25, -0.2) is 12.7 Å². The van der Waals surface area contributed by atoms with Gasteiger partial charge in [0.2, 0.25) is 10.0 Å². The van der Waals surface area contributed by atoms with E-state index in [0.29, 0.717) is 24.9 Å². The Morgan fingerprint density at radius 2 is 2.12 bits per heavy atom. The van der Waals surface area contributed by atoms with E-state index in [2.05, 4.69) is 0 Å². The van der Waals surface area contributed by atoms with Crippen molar-refractivity contribution in [2.75, 3.05) is 24.7 Å². The molecule has 1 saturated heterocycles. The van der Waals surface area contributed by atoms with E-state index in [9.17, 15) is 8.42 Å². The predicted molar refractivity (Wildman–Crippen MR) is 68.3 cm³/mol. The minimum Gasteiger partial charge on any atom is -0.212 e. The van der Waals surface area contributed by atoms with Gasteiger partial charge in [-0.15, -0.1) is 11.6 Å². The molecule has 0 aliphatic carbocycles. The summed E-state index contributed by atoms with van der Waals surface area (Å²) < 4.78 is 25.7. The lowest BCUT2D eigenvalue weighted by Gasteiger charge is -2.32. The summed E-state index contributed by atoms with van der Waals surface area (Å²) in [6.07, 6.45) is 3.01. The average molecular weight is 268 g/mol. The largest absolute Gasteiger partial charge is 0.214 e. The van der Waals surface area contributed by atoms with Gasteiger partial charge in [-0.2, -0.15) is 0 Å². The van der Waals surface area contributed by atoms with Crippen molar-refractivity contribution in [3.63, 3.8) is 0 Å². The first-order valence-electron chi connectivity index (χ1n) is 5.99. The summed E-state index contributed by atoms with van der Waals surface area (Å²) in [4.78, 5) is 0. The van der Waals surface area contributed by atoms with E-state index in [1.807, 2.05) is 13.8 Å². The highest BCUT2D eigenvalue weighted by Gasteiger charge is 2.28. The summed E-state index contributed by atoms with van der Waals surface area (Å²) in [5.41, 5.74) is 0. The van der Waals surface area contributed by atoms with Gasteiger partial charge in [0.1, 0.15) is 0 Å². The van der Waals surface area contributed by atoms with E-state index in [-0.39, 0.29) is 11.7 Å². The lowest BCUT2D eigenvalue weighted by atomic mass is 9.97. The topological polar surface area (TPSA) is 37.4 Å². The molecule has 1 fully saturated rings. The van der Waals surface area contributed by atoms with Gasteiger partial charge in [0.15, 0.2) is 0 Å². The standard InChI is InChI=1S/C11H22ClNO2S/c1-10(2)9-16(14,15)13-7-3-4-11(8-13)5-6-12/h10-11H,3-9H2,1-2H3. The zero-order valence-electron chi connectivity index (χ0n) is 10.2.